The van der Waals surface area contributed by atoms with Crippen molar-refractivity contribution in [1.29, 1.82) is 0 Å². The van der Waals surface area contributed by atoms with Crippen molar-refractivity contribution in [2.75, 3.05) is 13.2 Å². The van der Waals surface area contributed by atoms with Crippen LogP contribution in [-0.2, 0) is 21.4 Å². The molecule has 26 heavy (non-hydrogen) atoms. The van der Waals surface area contributed by atoms with E-state index in [9.17, 15) is 13.6 Å². The number of fused-ring (bicyclic) bond motifs is 1. The number of nitrogens with one attached hydrogen (secondary N) is 2. The second-order valence-corrected chi connectivity index (χ2v) is 6.88. The van der Waals surface area contributed by atoms with Crippen molar-refractivity contribution in [2.24, 2.45) is 0 Å². The van der Waals surface area contributed by atoms with Crippen LogP contribution >= 0.6 is 0 Å². The summed E-state index contributed by atoms with van der Waals surface area (Å²) in [5.41, 5.74) is 0.335. The lowest BCUT2D eigenvalue weighted by molar-refractivity contribution is -0.0766. The Morgan fingerprint density at radius 3 is 2.62 bits per heavy atom. The highest BCUT2D eigenvalue weighted by molar-refractivity contribution is 5.94. The van der Waals surface area contributed by atoms with Crippen LogP contribution < -0.4 is 5.32 Å². The normalized spacial score (nSPS) is 23.8. The number of rotatable bonds is 3. The molecule has 1 amide bonds. The maximum atomic E-state index is 14.3. The highest BCUT2D eigenvalue weighted by Crippen LogP contribution is 2.35. The number of hydrogen-bond acceptors (Lipinski definition) is 4. The van der Waals surface area contributed by atoms with Crippen molar-refractivity contribution >= 4 is 5.91 Å². The third kappa shape index (κ3) is 2.60. The molecule has 2 atom stereocenters. The Morgan fingerprint density at radius 1 is 1.31 bits per heavy atom. The van der Waals surface area contributed by atoms with Gasteiger partial charge in [-0.1, -0.05) is 6.07 Å². The number of carbonyl (C=O) groups excluding carboxylic acids is 1. The Hall–Kier alpha value is -2.32. The Bertz CT molecular complexity index is 843. The Labute approximate surface area is 148 Å². The van der Waals surface area contributed by atoms with E-state index in [1.54, 1.807) is 0 Å². The largest absolute Gasteiger partial charge is 0.376 e. The summed E-state index contributed by atoms with van der Waals surface area (Å²) in [4.78, 5) is 12.9. The van der Waals surface area contributed by atoms with Gasteiger partial charge in [-0.25, -0.2) is 8.78 Å². The first-order valence-corrected chi connectivity index (χ1v) is 8.48. The maximum absolute atomic E-state index is 14.3. The lowest BCUT2D eigenvalue weighted by Gasteiger charge is -2.42. The molecular weight excluding hydrogens is 344 g/mol. The second-order valence-electron chi connectivity index (χ2n) is 6.88. The summed E-state index contributed by atoms with van der Waals surface area (Å²) >= 11 is 0. The van der Waals surface area contributed by atoms with Crippen molar-refractivity contribution in [3.8, 4) is 0 Å². The van der Waals surface area contributed by atoms with Crippen molar-refractivity contribution < 1.29 is 23.0 Å². The minimum absolute atomic E-state index is 0.000870. The number of ether oxygens (including phenoxy) is 2. The molecule has 0 bridgehead atoms. The summed E-state index contributed by atoms with van der Waals surface area (Å²) in [6, 6.07) is 3.62. The fourth-order valence-corrected chi connectivity index (χ4v) is 3.68. The summed E-state index contributed by atoms with van der Waals surface area (Å²) in [7, 11) is 0. The molecule has 8 heteroatoms. The second kappa shape index (κ2) is 6.14. The molecule has 0 spiro atoms. The first-order chi connectivity index (χ1) is 12.4. The van der Waals surface area contributed by atoms with E-state index in [0.29, 0.717) is 6.42 Å². The van der Waals surface area contributed by atoms with Gasteiger partial charge in [-0.3, -0.25) is 9.89 Å². The van der Waals surface area contributed by atoms with Gasteiger partial charge >= 0.3 is 0 Å². The maximum Gasteiger partial charge on any atom is 0.272 e. The van der Waals surface area contributed by atoms with Crippen LogP contribution in [0.1, 0.15) is 47.3 Å². The molecule has 0 aliphatic carbocycles. The zero-order valence-electron chi connectivity index (χ0n) is 14.4. The van der Waals surface area contributed by atoms with Crippen LogP contribution in [0.3, 0.4) is 0 Å². The van der Waals surface area contributed by atoms with Gasteiger partial charge < -0.3 is 14.8 Å². The molecule has 6 nitrogen and oxygen atoms in total. The van der Waals surface area contributed by atoms with Gasteiger partial charge in [0.2, 0.25) is 0 Å². The molecule has 2 aliphatic heterocycles. The van der Waals surface area contributed by atoms with E-state index in [-0.39, 0.29) is 36.7 Å². The zero-order valence-corrected chi connectivity index (χ0v) is 14.4. The van der Waals surface area contributed by atoms with Gasteiger partial charge in [0.05, 0.1) is 36.7 Å². The van der Waals surface area contributed by atoms with E-state index in [2.05, 4.69) is 15.5 Å². The summed E-state index contributed by atoms with van der Waals surface area (Å²) in [6.07, 6.45) is 0.288. The average molecular weight is 363 g/mol. The first kappa shape index (κ1) is 17.1. The van der Waals surface area contributed by atoms with Crippen LogP contribution in [0.5, 0.6) is 0 Å². The summed E-state index contributed by atoms with van der Waals surface area (Å²) < 4.78 is 39.4. The highest BCUT2D eigenvalue weighted by Gasteiger charge is 2.46. The summed E-state index contributed by atoms with van der Waals surface area (Å²) in [5.74, 6) is -1.92. The van der Waals surface area contributed by atoms with Crippen LogP contribution in [0, 0.1) is 11.6 Å². The molecule has 2 N–H and O–H groups in total. The highest BCUT2D eigenvalue weighted by atomic mass is 19.1. The molecule has 2 aromatic rings. The number of amides is 1. The van der Waals surface area contributed by atoms with Crippen LogP contribution in [0.15, 0.2) is 18.2 Å². The predicted octanol–water partition coefficient (Wildman–Crippen LogP) is 2.37. The van der Waals surface area contributed by atoms with Gasteiger partial charge in [-0.2, -0.15) is 5.10 Å². The van der Waals surface area contributed by atoms with Gasteiger partial charge in [-0.15, -0.1) is 0 Å². The molecule has 3 heterocycles. The zero-order chi connectivity index (χ0) is 18.5. The number of nitrogens with zero attached hydrogens (tertiary/aromatic N) is 1. The van der Waals surface area contributed by atoms with Gasteiger partial charge in [0.25, 0.3) is 5.91 Å². The van der Waals surface area contributed by atoms with Crippen LogP contribution in [0.2, 0.25) is 0 Å². The molecule has 138 valence electrons. The first-order valence-electron chi connectivity index (χ1n) is 8.48. The number of carbonyl (C=O) groups is 1. The fraction of sp³-hybridized carbons (Fsp3) is 0.444. The lowest BCUT2D eigenvalue weighted by atomic mass is 9.86. The Kier molecular flexibility index (Phi) is 4.04. The van der Waals surface area contributed by atoms with Crippen molar-refractivity contribution in [3.63, 3.8) is 0 Å². The molecule has 1 saturated heterocycles. The van der Waals surface area contributed by atoms with Crippen LogP contribution in [0.4, 0.5) is 8.78 Å². The molecular formula is C18H19F2N3O3. The van der Waals surface area contributed by atoms with Crippen molar-refractivity contribution in [2.45, 2.75) is 38.0 Å². The Morgan fingerprint density at radius 2 is 2.00 bits per heavy atom. The fourth-order valence-electron chi connectivity index (χ4n) is 3.68. The molecule has 0 unspecified atom stereocenters. The van der Waals surface area contributed by atoms with Gasteiger partial charge in [0, 0.05) is 12.0 Å². The van der Waals surface area contributed by atoms with Crippen molar-refractivity contribution in [3.05, 3.63) is 52.3 Å². The standard InChI is InChI=1S/C18H19F2N3O3/c1-9-6-11-15(10(2)26-9)22-23-16(11)17(24)21-18(7-25-8-18)14-12(19)4-3-5-13(14)20/h3-5,9-10H,6-8H2,1-2H3,(H,21,24)(H,22,23)/t9-,10+/m1/s1. The van der Waals surface area contributed by atoms with Crippen molar-refractivity contribution in [1.82, 2.24) is 15.5 Å². The van der Waals surface area contributed by atoms with Crippen LogP contribution in [-0.4, -0.2) is 35.4 Å². The minimum Gasteiger partial charge on any atom is -0.376 e. The molecule has 4 rings (SSSR count). The molecule has 1 aromatic carbocycles. The minimum atomic E-state index is -1.24. The van der Waals surface area contributed by atoms with E-state index >= 15 is 0 Å². The van der Waals surface area contributed by atoms with Gasteiger partial charge in [0.1, 0.15) is 17.2 Å². The SMILES string of the molecule is C[C@@H]1Cc2c(C(=O)NC3(c4c(F)cccc4F)COC3)n[nH]c2[C@H](C)O1. The quantitative estimate of drug-likeness (QED) is 0.878. The lowest BCUT2D eigenvalue weighted by Crippen LogP contribution is -2.60. The third-order valence-corrected chi connectivity index (χ3v) is 4.94. The van der Waals surface area contributed by atoms with E-state index in [0.717, 1.165) is 11.3 Å². The average Bonchev–Trinajstić information content (AvgIpc) is 2.96. The predicted molar refractivity (Wildman–Crippen MR) is 87.6 cm³/mol. The summed E-state index contributed by atoms with van der Waals surface area (Å²) in [6.45, 7) is 3.80. The number of benzene rings is 1. The monoisotopic (exact) mass is 363 g/mol. The molecule has 1 aromatic heterocycles. The van der Waals surface area contributed by atoms with Gasteiger partial charge in [-0.05, 0) is 26.0 Å². The van der Waals surface area contributed by atoms with Crippen LogP contribution in [0.25, 0.3) is 0 Å². The smallest absolute Gasteiger partial charge is 0.272 e. The van der Waals surface area contributed by atoms with E-state index < -0.39 is 23.1 Å². The number of aromatic nitrogens is 2. The molecule has 2 aliphatic rings. The number of aromatic amines is 1. The van der Waals surface area contributed by atoms with E-state index in [1.165, 1.54) is 18.2 Å². The number of hydrogen-bond donors (Lipinski definition) is 2. The summed E-state index contributed by atoms with van der Waals surface area (Å²) in [5, 5.41) is 9.71. The molecule has 0 radical (unpaired) electrons. The van der Waals surface area contributed by atoms with Gasteiger partial charge in [0.15, 0.2) is 5.69 Å². The molecule has 0 saturated carbocycles. The number of H-pyrrole nitrogens is 1. The third-order valence-electron chi connectivity index (χ3n) is 4.94. The van der Waals surface area contributed by atoms with E-state index in [1.807, 2.05) is 13.8 Å². The topological polar surface area (TPSA) is 76.2 Å². The molecule has 1 fully saturated rings. The number of halogens is 2. The van der Waals surface area contributed by atoms with E-state index in [4.69, 9.17) is 9.47 Å². The Balaban J connectivity index is 1.66.